The van der Waals surface area contributed by atoms with Crippen LogP contribution in [0.25, 0.3) is 0 Å². The number of ketones is 1. The fraction of sp³-hybridized carbons (Fsp3) is 0.800. The third-order valence-corrected chi connectivity index (χ3v) is 9.94. The third-order valence-electron chi connectivity index (χ3n) is 5.44. The summed E-state index contributed by atoms with van der Waals surface area (Å²) in [7, 11) is -0.402. The van der Waals surface area contributed by atoms with Crippen LogP contribution in [0.15, 0.2) is 11.6 Å². The molecule has 4 nitrogen and oxygen atoms in total. The van der Waals surface area contributed by atoms with Gasteiger partial charge in [-0.25, -0.2) is 0 Å². The highest BCUT2D eigenvalue weighted by Gasteiger charge is 2.40. The van der Waals surface area contributed by atoms with E-state index in [-0.39, 0.29) is 22.9 Å². The van der Waals surface area contributed by atoms with Crippen molar-refractivity contribution in [2.45, 2.75) is 96.4 Å². The van der Waals surface area contributed by atoms with Crippen LogP contribution in [0.5, 0.6) is 0 Å². The van der Waals surface area contributed by atoms with Gasteiger partial charge < -0.3 is 9.16 Å². The Bertz CT molecular complexity index is 488. The number of hydrogen-bond donors (Lipinski definition) is 0. The molecule has 0 heterocycles. The van der Waals surface area contributed by atoms with Crippen molar-refractivity contribution in [3.05, 3.63) is 11.6 Å². The quantitative estimate of drug-likeness (QED) is 0.303. The lowest BCUT2D eigenvalue weighted by atomic mass is 10.0. The van der Waals surface area contributed by atoms with Gasteiger partial charge in [-0.15, -0.1) is 0 Å². The first-order valence-electron chi connectivity index (χ1n) is 9.55. The van der Waals surface area contributed by atoms with Crippen LogP contribution < -0.4 is 0 Å². The Morgan fingerprint density at radius 1 is 1.16 bits per heavy atom. The third kappa shape index (κ3) is 7.44. The lowest BCUT2D eigenvalue weighted by molar-refractivity contribution is -0.140. The minimum absolute atomic E-state index is 0.0246. The molecular weight excluding hydrogens is 332 g/mol. The maximum atomic E-state index is 12.2. The average molecular weight is 369 g/mol. The van der Waals surface area contributed by atoms with Crippen LogP contribution in [0, 0.1) is 0 Å². The zero-order chi connectivity index (χ0) is 19.1. The molecule has 0 aromatic carbocycles. The first-order chi connectivity index (χ1) is 11.6. The minimum atomic E-state index is -1.83. The zero-order valence-electron chi connectivity index (χ0n) is 16.9. The Kier molecular flexibility index (Phi) is 8.55. The first kappa shape index (κ1) is 22.1. The van der Waals surface area contributed by atoms with Crippen LogP contribution in [0.4, 0.5) is 0 Å². The van der Waals surface area contributed by atoms with Crippen LogP contribution in [0.2, 0.25) is 18.1 Å². The minimum Gasteiger partial charge on any atom is -0.469 e. The molecule has 0 saturated heterocycles. The van der Waals surface area contributed by atoms with E-state index in [1.165, 1.54) is 7.11 Å². The molecule has 1 atom stereocenters. The summed E-state index contributed by atoms with van der Waals surface area (Å²) in [4.78, 5) is 23.2. The Balaban J connectivity index is 2.30. The fourth-order valence-electron chi connectivity index (χ4n) is 2.76. The highest BCUT2D eigenvalue weighted by atomic mass is 28.4. The summed E-state index contributed by atoms with van der Waals surface area (Å²) < 4.78 is 11.0. The molecule has 0 amide bonds. The van der Waals surface area contributed by atoms with E-state index in [1.54, 1.807) is 0 Å². The van der Waals surface area contributed by atoms with Crippen molar-refractivity contribution < 1.29 is 18.8 Å². The number of unbranched alkanes of at least 4 members (excludes halogenated alkanes) is 4. The summed E-state index contributed by atoms with van der Waals surface area (Å²) in [6.45, 7) is 11.1. The predicted molar refractivity (Wildman–Crippen MR) is 104 cm³/mol. The summed E-state index contributed by atoms with van der Waals surface area (Å²) in [6.07, 6.45) is 9.07. The number of carbonyl (C=O) groups excluding carboxylic acids is 2. The van der Waals surface area contributed by atoms with Crippen molar-refractivity contribution >= 4 is 20.1 Å². The number of carbonyl (C=O) groups is 2. The van der Waals surface area contributed by atoms with E-state index in [2.05, 4.69) is 44.7 Å². The summed E-state index contributed by atoms with van der Waals surface area (Å²) in [5.74, 6) is 0.129. The van der Waals surface area contributed by atoms with E-state index in [4.69, 9.17) is 4.43 Å². The lowest BCUT2D eigenvalue weighted by Gasteiger charge is -2.37. The normalized spacial score (nSPS) is 18.4. The molecule has 1 aliphatic carbocycles. The van der Waals surface area contributed by atoms with E-state index in [1.807, 2.05) is 0 Å². The van der Waals surface area contributed by atoms with Crippen LogP contribution in [-0.4, -0.2) is 33.3 Å². The van der Waals surface area contributed by atoms with Gasteiger partial charge in [-0.3, -0.25) is 9.59 Å². The number of esters is 1. The van der Waals surface area contributed by atoms with Crippen LogP contribution in [-0.2, 0) is 18.8 Å². The summed E-state index contributed by atoms with van der Waals surface area (Å²) in [5.41, 5.74) is 0.957. The molecule has 0 aromatic rings. The van der Waals surface area contributed by atoms with Crippen LogP contribution >= 0.6 is 0 Å². The van der Waals surface area contributed by atoms with E-state index >= 15 is 0 Å². The van der Waals surface area contributed by atoms with Gasteiger partial charge >= 0.3 is 5.97 Å². The SMILES string of the molecule is COC(=O)CCCCCCCC1=C[C@@H](O[Si](C)(C)C(C)(C)C)CC1=O. The Morgan fingerprint density at radius 2 is 1.76 bits per heavy atom. The molecule has 0 aliphatic heterocycles. The molecule has 0 fully saturated rings. The van der Waals surface area contributed by atoms with Crippen molar-refractivity contribution in [3.8, 4) is 0 Å². The fourth-order valence-corrected chi connectivity index (χ4v) is 4.02. The van der Waals surface area contributed by atoms with E-state index in [0.717, 1.165) is 44.1 Å². The van der Waals surface area contributed by atoms with Crippen LogP contribution in [0.3, 0.4) is 0 Å². The van der Waals surface area contributed by atoms with Crippen molar-refractivity contribution in [2.75, 3.05) is 7.11 Å². The molecule has 5 heteroatoms. The second-order valence-electron chi connectivity index (χ2n) is 8.58. The van der Waals surface area contributed by atoms with Gasteiger partial charge in [-0.1, -0.05) is 40.0 Å². The smallest absolute Gasteiger partial charge is 0.305 e. The highest BCUT2D eigenvalue weighted by Crippen LogP contribution is 2.39. The van der Waals surface area contributed by atoms with Gasteiger partial charge in [0.15, 0.2) is 14.1 Å². The molecule has 1 rings (SSSR count). The summed E-state index contributed by atoms with van der Waals surface area (Å²) in [5, 5.41) is 0.164. The Labute approximate surface area is 154 Å². The monoisotopic (exact) mass is 368 g/mol. The molecule has 0 spiro atoms. The summed E-state index contributed by atoms with van der Waals surface area (Å²) >= 11 is 0. The first-order valence-corrected chi connectivity index (χ1v) is 12.5. The van der Waals surface area contributed by atoms with E-state index < -0.39 is 8.32 Å². The molecule has 0 N–H and O–H groups in total. The molecule has 0 bridgehead atoms. The standard InChI is InChI=1S/C20H36O4Si/c1-20(2,3)25(5,6)24-17-14-16(18(21)15-17)12-10-8-7-9-11-13-19(22)23-4/h14,17H,7-13,15H2,1-6H3/t17-/m1/s1. The second-order valence-corrected chi connectivity index (χ2v) is 13.3. The van der Waals surface area contributed by atoms with Gasteiger partial charge in [0.1, 0.15) is 0 Å². The van der Waals surface area contributed by atoms with E-state index in [9.17, 15) is 9.59 Å². The van der Waals surface area contributed by atoms with E-state index in [0.29, 0.717) is 12.8 Å². The molecule has 1 aliphatic rings. The molecule has 0 aromatic heterocycles. The van der Waals surface area contributed by atoms with Crippen molar-refractivity contribution in [1.29, 1.82) is 0 Å². The molecule has 25 heavy (non-hydrogen) atoms. The molecular formula is C20H36O4Si. The van der Waals surface area contributed by atoms with Gasteiger partial charge in [-0.2, -0.15) is 0 Å². The van der Waals surface area contributed by atoms with Gasteiger partial charge in [0.05, 0.1) is 13.2 Å². The highest BCUT2D eigenvalue weighted by molar-refractivity contribution is 6.74. The van der Waals surface area contributed by atoms with Gasteiger partial charge in [0.2, 0.25) is 0 Å². The van der Waals surface area contributed by atoms with Gasteiger partial charge in [0, 0.05) is 12.8 Å². The molecule has 144 valence electrons. The molecule has 0 radical (unpaired) electrons. The average Bonchev–Trinajstić information content (AvgIpc) is 2.83. The molecule has 0 saturated carbocycles. The summed E-state index contributed by atoms with van der Waals surface area (Å²) in [6, 6.07) is 0. The largest absolute Gasteiger partial charge is 0.469 e. The predicted octanol–water partition coefficient (Wildman–Crippen LogP) is 5.18. The van der Waals surface area contributed by atoms with Gasteiger partial charge in [0.25, 0.3) is 0 Å². The van der Waals surface area contributed by atoms with Crippen molar-refractivity contribution in [2.24, 2.45) is 0 Å². The second kappa shape index (κ2) is 9.67. The number of allylic oxidation sites excluding steroid dienone is 1. The van der Waals surface area contributed by atoms with Crippen molar-refractivity contribution in [1.82, 2.24) is 0 Å². The molecule has 0 unspecified atom stereocenters. The number of rotatable bonds is 10. The number of Topliss-reactive ketones (excluding diaryl/α,β-unsaturated/α-hetero) is 1. The topological polar surface area (TPSA) is 52.6 Å². The van der Waals surface area contributed by atoms with Gasteiger partial charge in [-0.05, 0) is 49.0 Å². The maximum absolute atomic E-state index is 12.2. The number of ether oxygens (including phenoxy) is 1. The number of hydrogen-bond acceptors (Lipinski definition) is 4. The van der Waals surface area contributed by atoms with Crippen molar-refractivity contribution in [3.63, 3.8) is 0 Å². The number of methoxy groups -OCH3 is 1. The lowest BCUT2D eigenvalue weighted by Crippen LogP contribution is -2.43. The van der Waals surface area contributed by atoms with Crippen LogP contribution in [0.1, 0.15) is 72.1 Å². The zero-order valence-corrected chi connectivity index (χ0v) is 17.9. The Morgan fingerprint density at radius 3 is 2.36 bits per heavy atom. The maximum Gasteiger partial charge on any atom is 0.305 e. The Hall–Kier alpha value is -0.943.